The predicted molar refractivity (Wildman–Crippen MR) is 112 cm³/mol. The van der Waals surface area contributed by atoms with Crippen LogP contribution in [0.4, 0.5) is 0 Å². The molecule has 148 valence electrons. The predicted octanol–water partition coefficient (Wildman–Crippen LogP) is 3.62. The molecule has 2 aromatic carbocycles. The second-order valence-corrected chi connectivity index (χ2v) is 6.38. The van der Waals surface area contributed by atoms with Crippen molar-refractivity contribution in [1.82, 2.24) is 15.1 Å². The molecule has 1 N–H and O–H groups in total. The third-order valence-electron chi connectivity index (χ3n) is 4.31. The van der Waals surface area contributed by atoms with Gasteiger partial charge in [0, 0.05) is 36.4 Å². The number of aromatic nitrogens is 2. The van der Waals surface area contributed by atoms with Crippen LogP contribution in [0, 0.1) is 0 Å². The van der Waals surface area contributed by atoms with E-state index < -0.39 is 0 Å². The summed E-state index contributed by atoms with van der Waals surface area (Å²) >= 11 is 0. The highest BCUT2D eigenvalue weighted by Gasteiger charge is 2.10. The molecule has 3 rings (SSSR count). The minimum Gasteiger partial charge on any atom is -0.469 e. The van der Waals surface area contributed by atoms with Crippen molar-refractivity contribution in [3.63, 3.8) is 0 Å². The number of para-hydroxylation sites is 1. The molecule has 0 saturated carbocycles. The van der Waals surface area contributed by atoms with Gasteiger partial charge in [0.25, 0.3) is 0 Å². The fourth-order valence-electron chi connectivity index (χ4n) is 2.81. The van der Waals surface area contributed by atoms with Crippen molar-refractivity contribution in [3.8, 4) is 16.9 Å². The maximum absolute atomic E-state index is 12.1. The van der Waals surface area contributed by atoms with Crippen molar-refractivity contribution in [2.24, 2.45) is 0 Å². The number of nitrogens with one attached hydrogen (secondary N) is 1. The number of benzene rings is 2. The number of esters is 1. The molecule has 1 heterocycles. The van der Waals surface area contributed by atoms with Crippen molar-refractivity contribution < 1.29 is 14.3 Å². The molecule has 6 nitrogen and oxygen atoms in total. The Labute approximate surface area is 169 Å². The molecule has 3 aromatic rings. The van der Waals surface area contributed by atoms with Gasteiger partial charge in [0.15, 0.2) is 0 Å². The molecule has 1 aromatic heterocycles. The largest absolute Gasteiger partial charge is 0.469 e. The molecule has 0 unspecified atom stereocenters. The van der Waals surface area contributed by atoms with Gasteiger partial charge in [-0.15, -0.1) is 0 Å². The van der Waals surface area contributed by atoms with Gasteiger partial charge >= 0.3 is 5.97 Å². The highest BCUT2D eigenvalue weighted by Crippen LogP contribution is 2.24. The van der Waals surface area contributed by atoms with Crippen molar-refractivity contribution in [2.45, 2.75) is 12.8 Å². The molecule has 6 heteroatoms. The normalized spacial score (nSPS) is 10.8. The number of rotatable bonds is 8. The van der Waals surface area contributed by atoms with Crippen LogP contribution in [0.2, 0.25) is 0 Å². The van der Waals surface area contributed by atoms with Crippen LogP contribution < -0.4 is 5.32 Å². The Morgan fingerprint density at radius 1 is 1.07 bits per heavy atom. The summed E-state index contributed by atoms with van der Waals surface area (Å²) in [6, 6.07) is 19.7. The Hall–Kier alpha value is -3.67. The van der Waals surface area contributed by atoms with E-state index in [0.29, 0.717) is 13.0 Å². The first kappa shape index (κ1) is 20.1. The van der Waals surface area contributed by atoms with Gasteiger partial charge in [-0.05, 0) is 24.6 Å². The zero-order valence-corrected chi connectivity index (χ0v) is 16.2. The molecular weight excluding hydrogens is 366 g/mol. The van der Waals surface area contributed by atoms with E-state index in [2.05, 4.69) is 10.1 Å². The number of amides is 1. The van der Waals surface area contributed by atoms with Crippen molar-refractivity contribution in [2.75, 3.05) is 13.7 Å². The van der Waals surface area contributed by atoms with E-state index in [-0.39, 0.29) is 18.3 Å². The Kier molecular flexibility index (Phi) is 6.95. The minimum absolute atomic E-state index is 0.221. The standard InChI is InChI=1S/C23H23N3O3/c1-29-22(28)13-8-16-24-21(27)15-14-19-17-26(20-11-6-3-7-12-20)25-23(19)18-9-4-2-5-10-18/h2-7,9-12,14-15,17H,8,13,16H2,1H3,(H,24,27)/b15-14+. The molecule has 0 atom stereocenters. The van der Waals surface area contributed by atoms with E-state index in [0.717, 1.165) is 22.5 Å². The van der Waals surface area contributed by atoms with Crippen molar-refractivity contribution >= 4 is 18.0 Å². The van der Waals surface area contributed by atoms with E-state index in [1.807, 2.05) is 66.9 Å². The van der Waals surface area contributed by atoms with Crippen LogP contribution in [-0.2, 0) is 14.3 Å². The second-order valence-electron chi connectivity index (χ2n) is 6.38. The van der Waals surface area contributed by atoms with Crippen LogP contribution in [0.3, 0.4) is 0 Å². The van der Waals surface area contributed by atoms with Gasteiger partial charge in [0.05, 0.1) is 18.5 Å². The summed E-state index contributed by atoms with van der Waals surface area (Å²) in [6.45, 7) is 0.410. The maximum Gasteiger partial charge on any atom is 0.305 e. The molecular formula is C23H23N3O3. The second kappa shape index (κ2) is 10.0. The van der Waals surface area contributed by atoms with Crippen molar-refractivity contribution in [3.05, 3.63) is 78.5 Å². The van der Waals surface area contributed by atoms with Crippen LogP contribution >= 0.6 is 0 Å². The van der Waals surface area contributed by atoms with E-state index in [1.165, 1.54) is 13.2 Å². The molecule has 29 heavy (non-hydrogen) atoms. The van der Waals surface area contributed by atoms with Crippen LogP contribution in [0.5, 0.6) is 0 Å². The highest BCUT2D eigenvalue weighted by molar-refractivity contribution is 5.92. The quantitative estimate of drug-likeness (QED) is 0.363. The molecule has 0 aliphatic carbocycles. The van der Waals surface area contributed by atoms with E-state index in [4.69, 9.17) is 5.10 Å². The average molecular weight is 389 g/mol. The van der Waals surface area contributed by atoms with E-state index in [9.17, 15) is 9.59 Å². The SMILES string of the molecule is COC(=O)CCCNC(=O)/C=C/c1cn(-c2ccccc2)nc1-c1ccccc1. The molecule has 0 fully saturated rings. The summed E-state index contributed by atoms with van der Waals surface area (Å²) in [5, 5.41) is 7.48. The van der Waals surface area contributed by atoms with Gasteiger partial charge in [-0.2, -0.15) is 5.10 Å². The third kappa shape index (κ3) is 5.65. The summed E-state index contributed by atoms with van der Waals surface area (Å²) < 4.78 is 6.38. The van der Waals surface area contributed by atoms with Gasteiger partial charge < -0.3 is 10.1 Å². The fraction of sp³-hybridized carbons (Fsp3) is 0.174. The van der Waals surface area contributed by atoms with Gasteiger partial charge in [-0.25, -0.2) is 4.68 Å². The van der Waals surface area contributed by atoms with Crippen molar-refractivity contribution in [1.29, 1.82) is 0 Å². The highest BCUT2D eigenvalue weighted by atomic mass is 16.5. The number of carbonyl (C=O) groups is 2. The lowest BCUT2D eigenvalue weighted by molar-refractivity contribution is -0.140. The Morgan fingerprint density at radius 2 is 1.76 bits per heavy atom. The Morgan fingerprint density at radius 3 is 2.45 bits per heavy atom. The fourth-order valence-corrected chi connectivity index (χ4v) is 2.81. The average Bonchev–Trinajstić information content (AvgIpc) is 3.20. The first-order valence-electron chi connectivity index (χ1n) is 9.40. The molecule has 1 amide bonds. The van der Waals surface area contributed by atoms with Gasteiger partial charge in [-0.3, -0.25) is 9.59 Å². The zero-order valence-electron chi connectivity index (χ0n) is 16.2. The summed E-state index contributed by atoms with van der Waals surface area (Å²) in [5.74, 6) is -0.503. The lowest BCUT2D eigenvalue weighted by Crippen LogP contribution is -2.22. The monoisotopic (exact) mass is 389 g/mol. The molecule has 0 saturated heterocycles. The molecule has 0 aliphatic heterocycles. The molecule has 0 aliphatic rings. The number of ether oxygens (including phenoxy) is 1. The van der Waals surface area contributed by atoms with Gasteiger partial charge in [-0.1, -0.05) is 48.5 Å². The summed E-state index contributed by atoms with van der Waals surface area (Å²) in [6.07, 6.45) is 5.95. The third-order valence-corrected chi connectivity index (χ3v) is 4.31. The van der Waals surface area contributed by atoms with Gasteiger partial charge in [0.1, 0.15) is 0 Å². The van der Waals surface area contributed by atoms with Crippen LogP contribution in [-0.4, -0.2) is 35.3 Å². The first-order chi connectivity index (χ1) is 14.2. The Balaban J connectivity index is 1.75. The number of hydrogen-bond donors (Lipinski definition) is 1. The maximum atomic E-state index is 12.1. The lowest BCUT2D eigenvalue weighted by atomic mass is 10.1. The van der Waals surface area contributed by atoms with E-state index in [1.54, 1.807) is 10.8 Å². The topological polar surface area (TPSA) is 73.2 Å². The number of hydrogen-bond acceptors (Lipinski definition) is 4. The zero-order chi connectivity index (χ0) is 20.5. The van der Waals surface area contributed by atoms with E-state index >= 15 is 0 Å². The molecule has 0 radical (unpaired) electrons. The summed E-state index contributed by atoms with van der Waals surface area (Å²) in [7, 11) is 1.35. The minimum atomic E-state index is -0.282. The van der Waals surface area contributed by atoms with Crippen LogP contribution in [0.1, 0.15) is 18.4 Å². The smallest absolute Gasteiger partial charge is 0.305 e. The molecule has 0 bridgehead atoms. The summed E-state index contributed by atoms with van der Waals surface area (Å²) in [5.41, 5.74) is 3.55. The van der Waals surface area contributed by atoms with Gasteiger partial charge in [0.2, 0.25) is 5.91 Å². The summed E-state index contributed by atoms with van der Waals surface area (Å²) in [4.78, 5) is 23.2. The number of nitrogens with zero attached hydrogens (tertiary/aromatic N) is 2. The lowest BCUT2D eigenvalue weighted by Gasteiger charge is -2.01. The first-order valence-corrected chi connectivity index (χ1v) is 9.40. The number of methoxy groups -OCH3 is 1. The van der Waals surface area contributed by atoms with Crippen LogP contribution in [0.25, 0.3) is 23.0 Å². The Bertz CT molecular complexity index is 979. The molecule has 0 spiro atoms. The van der Waals surface area contributed by atoms with Crippen LogP contribution in [0.15, 0.2) is 72.9 Å². The number of carbonyl (C=O) groups excluding carboxylic acids is 2.